The lowest BCUT2D eigenvalue weighted by Gasteiger charge is -2.41. The van der Waals surface area contributed by atoms with Crippen molar-refractivity contribution in [2.45, 2.75) is 25.7 Å². The first-order valence-electron chi connectivity index (χ1n) is 8.96. The van der Waals surface area contributed by atoms with E-state index in [4.69, 9.17) is 9.26 Å². The van der Waals surface area contributed by atoms with Crippen molar-refractivity contribution >= 4 is 5.91 Å². The summed E-state index contributed by atoms with van der Waals surface area (Å²) in [4.78, 5) is 19.0. The zero-order valence-electron chi connectivity index (χ0n) is 14.1. The largest absolute Gasteiger partial charge is 0.380 e. The van der Waals surface area contributed by atoms with Crippen molar-refractivity contribution < 1.29 is 14.1 Å². The van der Waals surface area contributed by atoms with Crippen LogP contribution in [0.25, 0.3) is 11.3 Å². The fourth-order valence-corrected chi connectivity index (χ4v) is 5.05. The molecule has 0 radical (unpaired) electrons. The molecule has 2 aromatic rings. The summed E-state index contributed by atoms with van der Waals surface area (Å²) in [7, 11) is 0. The highest BCUT2D eigenvalue weighted by Crippen LogP contribution is 2.59. The Morgan fingerprint density at radius 3 is 2.60 bits per heavy atom. The maximum atomic E-state index is 13.0. The summed E-state index contributed by atoms with van der Waals surface area (Å²) in [6.07, 6.45) is 8.22. The molecule has 0 spiro atoms. The predicted octanol–water partition coefficient (Wildman–Crippen LogP) is 2.77. The normalized spacial score (nSPS) is 31.0. The number of carbonyl (C=O) groups excluding carboxylic acids is 1. The molecule has 1 aliphatic carbocycles. The summed E-state index contributed by atoms with van der Waals surface area (Å²) in [6, 6.07) is 5.47. The molecule has 1 saturated carbocycles. The Labute approximate surface area is 146 Å². The van der Waals surface area contributed by atoms with Gasteiger partial charge < -0.3 is 14.2 Å². The Balaban J connectivity index is 1.40. The van der Waals surface area contributed by atoms with Crippen LogP contribution in [0, 0.1) is 10.8 Å². The van der Waals surface area contributed by atoms with Gasteiger partial charge in [-0.15, -0.1) is 0 Å². The van der Waals surface area contributed by atoms with Crippen LogP contribution in [-0.2, 0) is 4.74 Å². The van der Waals surface area contributed by atoms with Gasteiger partial charge in [-0.05, 0) is 25.0 Å². The van der Waals surface area contributed by atoms with Gasteiger partial charge in [0.2, 0.25) is 5.76 Å². The van der Waals surface area contributed by atoms with Crippen molar-refractivity contribution in [2.75, 3.05) is 26.3 Å². The highest BCUT2D eigenvalue weighted by Gasteiger charge is 2.62. The molecule has 6 nitrogen and oxygen atoms in total. The summed E-state index contributed by atoms with van der Waals surface area (Å²) in [6.45, 7) is 3.12. The number of rotatable bonds is 2. The molecule has 2 aromatic heterocycles. The van der Waals surface area contributed by atoms with E-state index in [2.05, 4.69) is 10.1 Å². The number of pyridine rings is 1. The second-order valence-electron chi connectivity index (χ2n) is 7.74. The monoisotopic (exact) mass is 339 g/mol. The topological polar surface area (TPSA) is 68.5 Å². The maximum absolute atomic E-state index is 13.0. The third-order valence-corrected chi connectivity index (χ3v) is 6.39. The number of nitrogens with zero attached hydrogens (tertiary/aromatic N) is 3. The van der Waals surface area contributed by atoms with Gasteiger partial charge in [-0.2, -0.15) is 0 Å². The highest BCUT2D eigenvalue weighted by molar-refractivity contribution is 5.92. The van der Waals surface area contributed by atoms with Gasteiger partial charge in [-0.25, -0.2) is 0 Å². The van der Waals surface area contributed by atoms with Crippen LogP contribution in [-0.4, -0.2) is 47.3 Å². The molecule has 6 heteroatoms. The maximum Gasteiger partial charge on any atom is 0.292 e. The van der Waals surface area contributed by atoms with Crippen molar-refractivity contribution in [2.24, 2.45) is 10.8 Å². The summed E-state index contributed by atoms with van der Waals surface area (Å²) < 4.78 is 11.2. The minimum Gasteiger partial charge on any atom is -0.380 e. The van der Waals surface area contributed by atoms with Gasteiger partial charge in [0.25, 0.3) is 5.91 Å². The number of ether oxygens (including phenoxy) is 1. The molecule has 0 bridgehead atoms. The van der Waals surface area contributed by atoms with Gasteiger partial charge in [0, 0.05) is 47.9 Å². The Kier molecular flexibility index (Phi) is 3.25. The zero-order chi connectivity index (χ0) is 16.9. The van der Waals surface area contributed by atoms with Crippen LogP contribution >= 0.6 is 0 Å². The molecule has 3 fully saturated rings. The van der Waals surface area contributed by atoms with Gasteiger partial charge in [0.1, 0.15) is 5.69 Å². The number of hydrogen-bond donors (Lipinski definition) is 0. The lowest BCUT2D eigenvalue weighted by Crippen LogP contribution is -2.42. The highest BCUT2D eigenvalue weighted by atomic mass is 16.5. The van der Waals surface area contributed by atoms with Crippen LogP contribution < -0.4 is 0 Å². The first-order chi connectivity index (χ1) is 12.2. The first kappa shape index (κ1) is 15.1. The van der Waals surface area contributed by atoms with Gasteiger partial charge in [-0.3, -0.25) is 9.78 Å². The standard InChI is InChI=1S/C19H21N3O3/c23-17(16-8-15(21-25-16)14-4-3-7-20-9-14)22-10-18-5-1-2-6-19(18,11-22)13-24-12-18/h3-4,7-9H,1-2,5-6,10-13H2. The molecule has 0 N–H and O–H groups in total. The van der Waals surface area contributed by atoms with E-state index < -0.39 is 0 Å². The fourth-order valence-electron chi connectivity index (χ4n) is 5.05. The van der Waals surface area contributed by atoms with Crippen molar-refractivity contribution in [3.63, 3.8) is 0 Å². The quantitative estimate of drug-likeness (QED) is 0.841. The zero-order valence-corrected chi connectivity index (χ0v) is 14.1. The lowest BCUT2D eigenvalue weighted by atomic mass is 9.60. The van der Waals surface area contributed by atoms with E-state index in [1.807, 2.05) is 17.0 Å². The Bertz CT molecular complexity index is 783. The third-order valence-electron chi connectivity index (χ3n) is 6.39. The van der Waals surface area contributed by atoms with Gasteiger partial charge >= 0.3 is 0 Å². The molecule has 5 rings (SSSR count). The summed E-state index contributed by atoms with van der Waals surface area (Å²) in [5.41, 5.74) is 1.79. The van der Waals surface area contributed by atoms with Crippen molar-refractivity contribution in [3.05, 3.63) is 36.4 Å². The minimum absolute atomic E-state index is 0.0577. The summed E-state index contributed by atoms with van der Waals surface area (Å²) >= 11 is 0. The van der Waals surface area contributed by atoms with Crippen LogP contribution in [0.2, 0.25) is 0 Å². The molecule has 2 unspecified atom stereocenters. The van der Waals surface area contributed by atoms with E-state index in [-0.39, 0.29) is 16.7 Å². The summed E-state index contributed by atoms with van der Waals surface area (Å²) in [5.74, 6) is 0.252. The number of amides is 1. The number of likely N-dealkylation sites (tertiary alicyclic amines) is 1. The molecular weight excluding hydrogens is 318 g/mol. The van der Waals surface area contributed by atoms with Gasteiger partial charge in [-0.1, -0.05) is 18.0 Å². The van der Waals surface area contributed by atoms with E-state index >= 15 is 0 Å². The second kappa shape index (κ2) is 5.39. The van der Waals surface area contributed by atoms with Crippen molar-refractivity contribution in [1.29, 1.82) is 0 Å². The predicted molar refractivity (Wildman–Crippen MR) is 89.8 cm³/mol. The molecule has 0 aromatic carbocycles. The second-order valence-corrected chi connectivity index (χ2v) is 7.74. The molecule has 2 atom stereocenters. The van der Waals surface area contributed by atoms with Gasteiger partial charge in [0.05, 0.1) is 13.2 Å². The van der Waals surface area contributed by atoms with Crippen LogP contribution in [0.3, 0.4) is 0 Å². The first-order valence-corrected chi connectivity index (χ1v) is 8.96. The molecule has 1 amide bonds. The Morgan fingerprint density at radius 1 is 1.16 bits per heavy atom. The number of hydrogen-bond acceptors (Lipinski definition) is 5. The van der Waals surface area contributed by atoms with Crippen LogP contribution in [0.4, 0.5) is 0 Å². The van der Waals surface area contributed by atoms with Crippen molar-refractivity contribution in [3.8, 4) is 11.3 Å². The van der Waals surface area contributed by atoms with Crippen LogP contribution in [0.5, 0.6) is 0 Å². The molecule has 130 valence electrons. The molecule has 25 heavy (non-hydrogen) atoms. The van der Waals surface area contributed by atoms with Crippen molar-refractivity contribution in [1.82, 2.24) is 15.0 Å². The SMILES string of the molecule is O=C(c1cc(-c2cccnc2)no1)N1CC23CCCCC2(COC3)C1. The lowest BCUT2D eigenvalue weighted by molar-refractivity contribution is 0.0670. The summed E-state index contributed by atoms with van der Waals surface area (Å²) in [5, 5.41) is 4.05. The molecule has 2 aliphatic heterocycles. The van der Waals surface area contributed by atoms with E-state index in [1.54, 1.807) is 18.5 Å². The third kappa shape index (κ3) is 2.16. The van der Waals surface area contributed by atoms with E-state index in [0.29, 0.717) is 11.5 Å². The minimum atomic E-state index is -0.0577. The average Bonchev–Trinajstić information content (AvgIpc) is 3.33. The molecule has 4 heterocycles. The Hall–Kier alpha value is -2.21. The fraction of sp³-hybridized carbons (Fsp3) is 0.526. The van der Waals surface area contributed by atoms with E-state index in [1.165, 1.54) is 12.8 Å². The molecule has 2 saturated heterocycles. The Morgan fingerprint density at radius 2 is 1.92 bits per heavy atom. The van der Waals surface area contributed by atoms with Gasteiger partial charge in [0.15, 0.2) is 0 Å². The smallest absolute Gasteiger partial charge is 0.292 e. The van der Waals surface area contributed by atoms with E-state index in [0.717, 1.165) is 44.7 Å². The average molecular weight is 339 g/mol. The van der Waals surface area contributed by atoms with E-state index in [9.17, 15) is 4.79 Å². The molecule has 3 aliphatic rings. The van der Waals surface area contributed by atoms with Crippen LogP contribution in [0.15, 0.2) is 35.1 Å². The number of carbonyl (C=O) groups is 1. The van der Waals surface area contributed by atoms with Crippen LogP contribution in [0.1, 0.15) is 36.2 Å². The number of aromatic nitrogens is 2. The molecular formula is C19H21N3O3.